The van der Waals surface area contributed by atoms with Gasteiger partial charge in [-0.1, -0.05) is 173 Å². The maximum absolute atomic E-state index is 13.1. The van der Waals surface area contributed by atoms with Gasteiger partial charge in [0.25, 0.3) is 0 Å². The van der Waals surface area contributed by atoms with E-state index in [9.17, 15) is 45.6 Å². The third-order valence-electron chi connectivity index (χ3n) is 12.3. The van der Waals surface area contributed by atoms with E-state index in [0.29, 0.717) is 6.42 Å². The minimum absolute atomic E-state index is 0.215. The van der Waals surface area contributed by atoms with Crippen LogP contribution >= 0.6 is 0 Å². The number of nitrogens with one attached hydrogen (secondary N) is 1. The van der Waals surface area contributed by atoms with Gasteiger partial charge in [0.2, 0.25) is 5.91 Å². The van der Waals surface area contributed by atoms with Crippen molar-refractivity contribution in [1.82, 2.24) is 5.32 Å². The fourth-order valence-corrected chi connectivity index (χ4v) is 7.90. The van der Waals surface area contributed by atoms with Crippen LogP contribution < -0.4 is 5.32 Å². The Bertz CT molecular complexity index is 1750. The van der Waals surface area contributed by atoms with Crippen molar-refractivity contribution >= 4 is 5.91 Å². The fraction of sp³-hybridized carbons (Fsp3) is 0.617. The van der Waals surface area contributed by atoms with Crippen LogP contribution in [-0.4, -0.2) is 140 Å². The molecule has 14 heteroatoms. The first-order chi connectivity index (χ1) is 36.1. The smallest absolute Gasteiger partial charge is 0.220 e. The van der Waals surface area contributed by atoms with Crippen molar-refractivity contribution in [2.24, 2.45) is 0 Å². The molecule has 9 N–H and O–H groups in total. The van der Waals surface area contributed by atoms with Crippen LogP contribution in [0.15, 0.2) is 134 Å². The van der Waals surface area contributed by atoms with Gasteiger partial charge in [-0.3, -0.25) is 4.79 Å². The Hall–Kier alpha value is -3.87. The highest BCUT2D eigenvalue weighted by atomic mass is 16.7. The summed E-state index contributed by atoms with van der Waals surface area (Å²) in [6.07, 6.45) is 48.2. The lowest BCUT2D eigenvalue weighted by Crippen LogP contribution is -2.65. The Kier molecular flexibility index (Phi) is 39.6. The van der Waals surface area contributed by atoms with Crippen molar-refractivity contribution < 1.29 is 64.6 Å². The summed E-state index contributed by atoms with van der Waals surface area (Å²) in [5.41, 5.74) is 0. The van der Waals surface area contributed by atoms with Gasteiger partial charge in [0.1, 0.15) is 48.8 Å². The summed E-state index contributed by atoms with van der Waals surface area (Å²) in [5, 5.41) is 86.4. The van der Waals surface area contributed by atoms with E-state index in [1.165, 1.54) is 0 Å². The monoisotopic (exact) mass is 1040 g/mol. The molecule has 2 heterocycles. The zero-order valence-corrected chi connectivity index (χ0v) is 44.5. The Labute approximate surface area is 443 Å². The third kappa shape index (κ3) is 30.0. The second kappa shape index (κ2) is 44.3. The molecule has 12 unspecified atom stereocenters. The molecule has 1 amide bonds. The number of carbonyl (C=O) groups excluding carboxylic acids is 1. The Morgan fingerprint density at radius 1 is 0.500 bits per heavy atom. The second-order valence-corrected chi connectivity index (χ2v) is 18.6. The van der Waals surface area contributed by atoms with Crippen LogP contribution in [-0.2, 0) is 23.7 Å². The van der Waals surface area contributed by atoms with Crippen molar-refractivity contribution in [3.63, 3.8) is 0 Å². The van der Waals surface area contributed by atoms with E-state index in [2.05, 4.69) is 141 Å². The van der Waals surface area contributed by atoms with Gasteiger partial charge in [-0.05, 0) is 96.3 Å². The van der Waals surface area contributed by atoms with Crippen LogP contribution in [0.3, 0.4) is 0 Å². The first-order valence-electron chi connectivity index (χ1n) is 27.4. The lowest BCUT2D eigenvalue weighted by Gasteiger charge is -2.46. The zero-order valence-electron chi connectivity index (χ0n) is 44.5. The summed E-state index contributed by atoms with van der Waals surface area (Å²) in [4.78, 5) is 13.1. The SMILES string of the molecule is CC/C=C\C/C=C\C/C=C\C/C=C\C/C=C\C/C=C\C/C=C\C/C=C\C/C=C\C/C=C\CCCCC(=O)NC(COC1OC(CO)C(OC2OC(CO)C(O)C(O)C2O)C(O)C1O)C(O)/C=C/CCCCCCC. The summed E-state index contributed by atoms with van der Waals surface area (Å²) in [5.74, 6) is -0.294. The highest BCUT2D eigenvalue weighted by Gasteiger charge is 2.51. The van der Waals surface area contributed by atoms with Crippen LogP contribution in [0.4, 0.5) is 0 Å². The Morgan fingerprint density at radius 2 is 0.932 bits per heavy atom. The van der Waals surface area contributed by atoms with Gasteiger partial charge in [-0.25, -0.2) is 0 Å². The molecule has 0 aromatic carbocycles. The van der Waals surface area contributed by atoms with Crippen LogP contribution in [0.25, 0.3) is 0 Å². The van der Waals surface area contributed by atoms with Crippen molar-refractivity contribution in [3.05, 3.63) is 134 Å². The predicted octanol–water partition coefficient (Wildman–Crippen LogP) is 8.43. The number of amides is 1. The normalized spacial score (nSPS) is 26.3. The van der Waals surface area contributed by atoms with Gasteiger partial charge in [-0.15, -0.1) is 0 Å². The van der Waals surface area contributed by atoms with Crippen molar-refractivity contribution in [1.29, 1.82) is 0 Å². The molecule has 12 atom stereocenters. The van der Waals surface area contributed by atoms with E-state index in [1.54, 1.807) is 6.08 Å². The number of rotatable bonds is 40. The van der Waals surface area contributed by atoms with Crippen molar-refractivity contribution in [2.45, 2.75) is 216 Å². The van der Waals surface area contributed by atoms with Crippen LogP contribution in [0.5, 0.6) is 0 Å². The zero-order chi connectivity index (χ0) is 53.9. The maximum Gasteiger partial charge on any atom is 0.220 e. The van der Waals surface area contributed by atoms with E-state index in [4.69, 9.17) is 18.9 Å². The Morgan fingerprint density at radius 3 is 1.42 bits per heavy atom. The second-order valence-electron chi connectivity index (χ2n) is 18.6. The molecule has 0 spiro atoms. The molecule has 2 rings (SSSR count). The van der Waals surface area contributed by atoms with Gasteiger partial charge in [0.15, 0.2) is 12.6 Å². The Balaban J connectivity index is 1.69. The first-order valence-corrected chi connectivity index (χ1v) is 27.4. The quantitative estimate of drug-likeness (QED) is 0.0208. The topological polar surface area (TPSA) is 228 Å². The highest BCUT2D eigenvalue weighted by molar-refractivity contribution is 5.76. The molecule has 14 nitrogen and oxygen atoms in total. The van der Waals surface area contributed by atoms with Gasteiger partial charge < -0.3 is 65.1 Å². The number of hydrogen-bond acceptors (Lipinski definition) is 13. The van der Waals surface area contributed by atoms with E-state index in [1.807, 2.05) is 6.08 Å². The lowest BCUT2D eigenvalue weighted by molar-refractivity contribution is -0.359. The number of allylic oxidation sites excluding steroid dienone is 21. The standard InChI is InChI=1S/C60H95NO13/c1-3-5-7-9-11-12-13-14-15-16-17-18-19-20-21-22-23-24-25-26-27-28-29-30-31-32-33-34-35-36-38-40-42-44-52(65)61-48(49(64)43-41-39-37-10-8-6-4-2)47-71-59-57(70)55(68)58(51(46-63)73-59)74-60-56(69)54(67)53(66)50(45-62)72-60/h5,7,11-12,14-15,17-18,20-21,23-24,26-27,29-30,32-33,35-36,41,43,48-51,53-60,62-64,66-70H,3-4,6,8-10,13,16,19,22,25,28,31,34,37-40,42,44-47H2,1-2H3,(H,61,65)/b7-5-,12-11-,15-14-,18-17-,21-20-,24-23-,27-26-,30-29-,33-32-,36-35-,43-41+. The summed E-state index contributed by atoms with van der Waals surface area (Å²) >= 11 is 0. The maximum atomic E-state index is 13.1. The van der Waals surface area contributed by atoms with Gasteiger partial charge >= 0.3 is 0 Å². The van der Waals surface area contributed by atoms with Crippen molar-refractivity contribution in [3.8, 4) is 0 Å². The minimum atomic E-state index is -1.80. The molecule has 2 fully saturated rings. The number of unbranched alkanes of at least 4 members (excludes halogenated alkanes) is 7. The van der Waals surface area contributed by atoms with E-state index in [-0.39, 0.29) is 18.9 Å². The van der Waals surface area contributed by atoms with Gasteiger partial charge in [0, 0.05) is 6.42 Å². The minimum Gasteiger partial charge on any atom is -0.394 e. The van der Waals surface area contributed by atoms with E-state index < -0.39 is 86.8 Å². The summed E-state index contributed by atoms with van der Waals surface area (Å²) < 4.78 is 22.6. The summed E-state index contributed by atoms with van der Waals surface area (Å²) in [7, 11) is 0. The third-order valence-corrected chi connectivity index (χ3v) is 12.3. The number of carbonyl (C=O) groups is 1. The number of aliphatic hydroxyl groups excluding tert-OH is 8. The van der Waals surface area contributed by atoms with E-state index >= 15 is 0 Å². The molecule has 74 heavy (non-hydrogen) atoms. The lowest BCUT2D eigenvalue weighted by atomic mass is 9.97. The first kappa shape index (κ1) is 66.2. The molecular formula is C60H95NO13. The summed E-state index contributed by atoms with van der Waals surface area (Å²) in [6.45, 7) is 2.53. The van der Waals surface area contributed by atoms with Crippen molar-refractivity contribution in [2.75, 3.05) is 19.8 Å². The number of aliphatic hydroxyl groups is 8. The number of hydrogen-bond donors (Lipinski definition) is 9. The van der Waals surface area contributed by atoms with Gasteiger partial charge in [0.05, 0.1) is 32.0 Å². The molecule has 418 valence electrons. The van der Waals surface area contributed by atoms with Gasteiger partial charge in [-0.2, -0.15) is 0 Å². The molecule has 2 aliphatic rings. The van der Waals surface area contributed by atoms with Crippen LogP contribution in [0.1, 0.15) is 142 Å². The largest absolute Gasteiger partial charge is 0.394 e. The molecule has 0 aliphatic carbocycles. The molecule has 0 aromatic rings. The predicted molar refractivity (Wildman–Crippen MR) is 295 cm³/mol. The fourth-order valence-electron chi connectivity index (χ4n) is 7.90. The highest BCUT2D eigenvalue weighted by Crippen LogP contribution is 2.30. The molecule has 2 saturated heterocycles. The molecule has 2 aliphatic heterocycles. The molecule has 0 saturated carbocycles. The van der Waals surface area contributed by atoms with E-state index in [0.717, 1.165) is 116 Å². The molecule has 0 bridgehead atoms. The average molecular weight is 1040 g/mol. The average Bonchev–Trinajstić information content (AvgIpc) is 3.40. The summed E-state index contributed by atoms with van der Waals surface area (Å²) in [6, 6.07) is -0.945. The number of ether oxygens (including phenoxy) is 4. The van der Waals surface area contributed by atoms with Crippen LogP contribution in [0, 0.1) is 0 Å². The molecular weight excluding hydrogens is 943 g/mol. The molecule has 0 aromatic heterocycles. The van der Waals surface area contributed by atoms with Crippen LogP contribution in [0.2, 0.25) is 0 Å². The molecule has 0 radical (unpaired) electrons.